The molecule has 0 saturated carbocycles. The molecule has 1 aromatic heterocycles. The lowest BCUT2D eigenvalue weighted by atomic mass is 10.1. The lowest BCUT2D eigenvalue weighted by Gasteiger charge is -2.22. The Morgan fingerprint density at radius 3 is 2.80 bits per heavy atom. The molecule has 0 aliphatic rings. The predicted molar refractivity (Wildman–Crippen MR) is 81.4 cm³/mol. The van der Waals surface area contributed by atoms with Gasteiger partial charge < -0.3 is 10.2 Å². The van der Waals surface area contributed by atoms with Crippen LogP contribution in [0.25, 0.3) is 0 Å². The number of rotatable bonds is 4. The maximum atomic E-state index is 4.31. The number of aliphatic imine (C=N–C) groups is 1. The standard InChI is InChI=1S/C15H21N5/c1-12-6-4-5-7-13(12)11-20(3)15(16-2)17-10-14-8-9-18-19-14/h4-9H,10-11H2,1-3H3,(H,16,17)(H,18,19). The third-order valence-electron chi connectivity index (χ3n) is 3.24. The minimum absolute atomic E-state index is 0.685. The second-order valence-electron chi connectivity index (χ2n) is 4.77. The van der Waals surface area contributed by atoms with Crippen LogP contribution in [0.1, 0.15) is 16.8 Å². The van der Waals surface area contributed by atoms with Crippen LogP contribution in [0.4, 0.5) is 0 Å². The van der Waals surface area contributed by atoms with Gasteiger partial charge in [-0.15, -0.1) is 0 Å². The smallest absolute Gasteiger partial charge is 0.194 e. The first-order valence-electron chi connectivity index (χ1n) is 6.65. The molecule has 0 saturated heterocycles. The summed E-state index contributed by atoms with van der Waals surface area (Å²) >= 11 is 0. The fourth-order valence-electron chi connectivity index (χ4n) is 2.06. The molecule has 5 nitrogen and oxygen atoms in total. The molecule has 0 fully saturated rings. The van der Waals surface area contributed by atoms with Crippen molar-refractivity contribution in [3.05, 3.63) is 53.3 Å². The Morgan fingerprint density at radius 1 is 1.35 bits per heavy atom. The summed E-state index contributed by atoms with van der Waals surface area (Å²) in [4.78, 5) is 6.42. The van der Waals surface area contributed by atoms with Crippen molar-refractivity contribution in [2.75, 3.05) is 14.1 Å². The Hall–Kier alpha value is -2.30. The van der Waals surface area contributed by atoms with E-state index < -0.39 is 0 Å². The van der Waals surface area contributed by atoms with E-state index in [0.29, 0.717) is 6.54 Å². The largest absolute Gasteiger partial charge is 0.351 e. The van der Waals surface area contributed by atoms with E-state index in [2.05, 4.69) is 56.6 Å². The number of aryl methyl sites for hydroxylation is 1. The van der Waals surface area contributed by atoms with Gasteiger partial charge in [0.1, 0.15) is 0 Å². The molecule has 1 aromatic carbocycles. The van der Waals surface area contributed by atoms with E-state index in [9.17, 15) is 0 Å². The van der Waals surface area contributed by atoms with Gasteiger partial charge in [0.2, 0.25) is 0 Å². The van der Waals surface area contributed by atoms with Crippen LogP contribution in [0.15, 0.2) is 41.5 Å². The van der Waals surface area contributed by atoms with Crippen LogP contribution >= 0.6 is 0 Å². The minimum Gasteiger partial charge on any atom is -0.351 e. The van der Waals surface area contributed by atoms with Crippen molar-refractivity contribution in [3.8, 4) is 0 Å². The number of hydrogen-bond donors (Lipinski definition) is 2. The van der Waals surface area contributed by atoms with E-state index >= 15 is 0 Å². The molecular formula is C15H21N5. The Kier molecular flexibility index (Phi) is 4.76. The van der Waals surface area contributed by atoms with E-state index in [4.69, 9.17) is 0 Å². The molecule has 2 rings (SSSR count). The molecule has 20 heavy (non-hydrogen) atoms. The van der Waals surface area contributed by atoms with E-state index in [1.807, 2.05) is 13.1 Å². The highest BCUT2D eigenvalue weighted by molar-refractivity contribution is 5.79. The van der Waals surface area contributed by atoms with Gasteiger partial charge in [-0.2, -0.15) is 5.10 Å². The van der Waals surface area contributed by atoms with Crippen molar-refractivity contribution >= 4 is 5.96 Å². The molecule has 0 amide bonds. The van der Waals surface area contributed by atoms with Crippen molar-refractivity contribution in [2.45, 2.75) is 20.0 Å². The molecule has 0 spiro atoms. The molecule has 0 aliphatic carbocycles. The summed E-state index contributed by atoms with van der Waals surface area (Å²) in [5, 5.41) is 10.2. The number of aromatic nitrogens is 2. The number of nitrogens with one attached hydrogen (secondary N) is 2. The summed E-state index contributed by atoms with van der Waals surface area (Å²) in [5.74, 6) is 0.864. The van der Waals surface area contributed by atoms with Crippen molar-refractivity contribution in [2.24, 2.45) is 4.99 Å². The molecule has 1 heterocycles. The fourth-order valence-corrected chi connectivity index (χ4v) is 2.06. The topological polar surface area (TPSA) is 56.3 Å². The van der Waals surface area contributed by atoms with Gasteiger partial charge in [0.05, 0.1) is 12.2 Å². The van der Waals surface area contributed by atoms with Crippen LogP contribution in [-0.4, -0.2) is 35.2 Å². The van der Waals surface area contributed by atoms with Crippen molar-refractivity contribution in [1.82, 2.24) is 20.4 Å². The van der Waals surface area contributed by atoms with Gasteiger partial charge in [-0.1, -0.05) is 24.3 Å². The summed E-state index contributed by atoms with van der Waals surface area (Å²) in [6.07, 6.45) is 1.75. The van der Waals surface area contributed by atoms with E-state index in [1.165, 1.54) is 11.1 Å². The second kappa shape index (κ2) is 6.75. The fraction of sp³-hybridized carbons (Fsp3) is 0.333. The van der Waals surface area contributed by atoms with Gasteiger partial charge in [0.25, 0.3) is 0 Å². The van der Waals surface area contributed by atoms with Crippen molar-refractivity contribution < 1.29 is 0 Å². The Morgan fingerprint density at radius 2 is 2.15 bits per heavy atom. The Balaban J connectivity index is 1.95. The van der Waals surface area contributed by atoms with Gasteiger partial charge in [0, 0.05) is 26.8 Å². The molecular weight excluding hydrogens is 250 g/mol. The van der Waals surface area contributed by atoms with Gasteiger partial charge in [-0.3, -0.25) is 10.1 Å². The summed E-state index contributed by atoms with van der Waals surface area (Å²) < 4.78 is 0. The first-order valence-corrected chi connectivity index (χ1v) is 6.65. The molecule has 106 valence electrons. The summed E-state index contributed by atoms with van der Waals surface area (Å²) in [6, 6.07) is 10.3. The second-order valence-corrected chi connectivity index (χ2v) is 4.77. The third kappa shape index (κ3) is 3.60. The van der Waals surface area contributed by atoms with E-state index in [1.54, 1.807) is 13.2 Å². The summed E-state index contributed by atoms with van der Waals surface area (Å²) in [7, 11) is 3.83. The predicted octanol–water partition coefficient (Wildman–Crippen LogP) is 1.93. The van der Waals surface area contributed by atoms with Crippen molar-refractivity contribution in [3.63, 3.8) is 0 Å². The van der Waals surface area contributed by atoms with Crippen LogP contribution in [0.5, 0.6) is 0 Å². The Bertz CT molecular complexity index is 559. The van der Waals surface area contributed by atoms with Crippen LogP contribution in [0.3, 0.4) is 0 Å². The zero-order valence-corrected chi connectivity index (χ0v) is 12.2. The van der Waals surface area contributed by atoms with Gasteiger partial charge in [-0.05, 0) is 24.1 Å². The summed E-state index contributed by atoms with van der Waals surface area (Å²) in [6.45, 7) is 3.64. The lowest BCUT2D eigenvalue weighted by Crippen LogP contribution is -2.38. The molecule has 2 aromatic rings. The van der Waals surface area contributed by atoms with Gasteiger partial charge in [-0.25, -0.2) is 0 Å². The normalized spacial score (nSPS) is 11.4. The average Bonchev–Trinajstić information content (AvgIpc) is 2.95. The Labute approximate surface area is 119 Å². The van der Waals surface area contributed by atoms with Crippen LogP contribution in [-0.2, 0) is 13.1 Å². The maximum Gasteiger partial charge on any atom is 0.194 e. The molecule has 0 atom stereocenters. The number of hydrogen-bond acceptors (Lipinski definition) is 2. The van der Waals surface area contributed by atoms with Crippen LogP contribution in [0.2, 0.25) is 0 Å². The van der Waals surface area contributed by atoms with E-state index in [0.717, 1.165) is 18.2 Å². The van der Waals surface area contributed by atoms with Crippen LogP contribution < -0.4 is 5.32 Å². The highest BCUT2D eigenvalue weighted by Crippen LogP contribution is 2.09. The van der Waals surface area contributed by atoms with Gasteiger partial charge >= 0.3 is 0 Å². The van der Waals surface area contributed by atoms with E-state index in [-0.39, 0.29) is 0 Å². The van der Waals surface area contributed by atoms with Gasteiger partial charge in [0.15, 0.2) is 5.96 Å². The zero-order valence-electron chi connectivity index (χ0n) is 12.2. The third-order valence-corrected chi connectivity index (χ3v) is 3.24. The first kappa shape index (κ1) is 14.1. The zero-order chi connectivity index (χ0) is 14.4. The number of guanidine groups is 1. The molecule has 0 unspecified atom stereocenters. The molecule has 0 aliphatic heterocycles. The molecule has 2 N–H and O–H groups in total. The minimum atomic E-state index is 0.685. The number of nitrogens with zero attached hydrogens (tertiary/aromatic N) is 3. The number of benzene rings is 1. The molecule has 0 bridgehead atoms. The highest BCUT2D eigenvalue weighted by atomic mass is 15.3. The monoisotopic (exact) mass is 271 g/mol. The van der Waals surface area contributed by atoms with Crippen molar-refractivity contribution in [1.29, 1.82) is 0 Å². The first-order chi connectivity index (χ1) is 9.70. The number of aromatic amines is 1. The SMILES string of the molecule is CN=C(NCc1ccn[nH]1)N(C)Cc1ccccc1C. The average molecular weight is 271 g/mol. The van der Waals surface area contributed by atoms with Crippen LogP contribution in [0, 0.1) is 6.92 Å². The maximum absolute atomic E-state index is 4.31. The number of H-pyrrole nitrogens is 1. The lowest BCUT2D eigenvalue weighted by molar-refractivity contribution is 0.475. The molecule has 5 heteroatoms. The quantitative estimate of drug-likeness (QED) is 0.660. The highest BCUT2D eigenvalue weighted by Gasteiger charge is 2.08. The summed E-state index contributed by atoms with van der Waals surface area (Å²) in [5.41, 5.74) is 3.64. The molecule has 0 radical (unpaired) electrons.